The average Bonchev–Trinajstić information content (AvgIpc) is 2.68. The van der Waals surface area contributed by atoms with Gasteiger partial charge in [0.1, 0.15) is 5.75 Å². The fraction of sp³-hybridized carbons (Fsp3) is 0.333. The molecule has 0 saturated carbocycles. The normalized spacial score (nSPS) is 13.0. The first kappa shape index (κ1) is 18.0. The number of nitrogens with zero attached hydrogens (tertiary/aromatic N) is 1. The Morgan fingerprint density at radius 2 is 1.58 bits per heavy atom. The first-order valence-electron chi connectivity index (χ1n) is 8.49. The minimum absolute atomic E-state index is 0.615. The predicted molar refractivity (Wildman–Crippen MR) is 103 cm³/mol. The number of rotatable bonds is 6. The van der Waals surface area contributed by atoms with E-state index in [2.05, 4.69) is 30.2 Å². The quantitative estimate of drug-likeness (QED) is 0.790. The maximum atomic E-state index is 5.74. The smallest absolute Gasteiger partial charge is 0.204 e. The van der Waals surface area contributed by atoms with Crippen LogP contribution in [0, 0.1) is 0 Å². The number of ether oxygens (including phenoxy) is 4. The monoisotopic (exact) mass is 355 g/mol. The van der Waals surface area contributed by atoms with E-state index in [4.69, 9.17) is 18.9 Å². The van der Waals surface area contributed by atoms with Gasteiger partial charge in [0.2, 0.25) is 5.75 Å². The molecule has 0 aliphatic carbocycles. The highest BCUT2D eigenvalue weighted by molar-refractivity contribution is 5.63. The van der Waals surface area contributed by atoms with Crippen LogP contribution in [0.5, 0.6) is 23.0 Å². The second-order valence-corrected chi connectivity index (χ2v) is 6.17. The largest absolute Gasteiger partial charge is 0.497 e. The van der Waals surface area contributed by atoms with Crippen molar-refractivity contribution in [1.29, 1.82) is 0 Å². The minimum atomic E-state index is 0.615. The maximum absolute atomic E-state index is 5.74. The molecule has 0 radical (unpaired) electrons. The van der Waals surface area contributed by atoms with Gasteiger partial charge in [-0.05, 0) is 29.0 Å². The molecule has 0 spiro atoms. The van der Waals surface area contributed by atoms with Crippen molar-refractivity contribution in [2.45, 2.75) is 6.42 Å². The van der Waals surface area contributed by atoms with E-state index in [1.165, 1.54) is 11.3 Å². The summed E-state index contributed by atoms with van der Waals surface area (Å²) in [5, 5.41) is 2.15. The van der Waals surface area contributed by atoms with Crippen molar-refractivity contribution in [3.05, 3.63) is 46.3 Å². The molecule has 2 aromatic carbocycles. The second kappa shape index (κ2) is 7.60. The van der Waals surface area contributed by atoms with Crippen LogP contribution in [0.4, 0.5) is 0 Å². The van der Waals surface area contributed by atoms with Gasteiger partial charge in [0.15, 0.2) is 11.5 Å². The lowest BCUT2D eigenvalue weighted by Crippen LogP contribution is -2.40. The van der Waals surface area contributed by atoms with Crippen molar-refractivity contribution in [1.82, 2.24) is 4.90 Å². The zero-order valence-electron chi connectivity index (χ0n) is 16.0. The van der Waals surface area contributed by atoms with E-state index in [0.717, 1.165) is 29.2 Å². The van der Waals surface area contributed by atoms with E-state index in [1.807, 2.05) is 18.2 Å². The molecule has 5 heteroatoms. The minimum Gasteiger partial charge on any atom is -0.497 e. The highest BCUT2D eigenvalue weighted by atomic mass is 16.5. The molecule has 2 aromatic rings. The second-order valence-electron chi connectivity index (χ2n) is 6.17. The zero-order valence-corrected chi connectivity index (χ0v) is 16.0. The summed E-state index contributed by atoms with van der Waals surface area (Å²) in [4.78, 5) is 2.24. The lowest BCUT2D eigenvalue weighted by molar-refractivity contribution is 0.321. The van der Waals surface area contributed by atoms with Crippen LogP contribution < -0.4 is 29.4 Å². The fourth-order valence-electron chi connectivity index (χ4n) is 3.33. The molecule has 0 bridgehead atoms. The van der Waals surface area contributed by atoms with E-state index in [-0.39, 0.29) is 0 Å². The van der Waals surface area contributed by atoms with Gasteiger partial charge >= 0.3 is 0 Å². The molecule has 26 heavy (non-hydrogen) atoms. The third-order valence-electron chi connectivity index (χ3n) is 4.73. The number of methoxy groups -OCH3 is 4. The van der Waals surface area contributed by atoms with Gasteiger partial charge < -0.3 is 23.8 Å². The molecule has 0 unspecified atom stereocenters. The molecule has 1 heterocycles. The Bertz CT molecular complexity index is 903. The standard InChI is InChI=1S/C21H25NO4/c1-22-11-10-15-13-18(24-3)20(25-4)21(26-5)19(15)17(22)12-14-6-8-16(23-2)9-7-14/h6-10,13H,11-12H2,1-5H3. The van der Waals surface area contributed by atoms with Gasteiger partial charge in [-0.15, -0.1) is 0 Å². The summed E-state index contributed by atoms with van der Waals surface area (Å²) >= 11 is 0. The fourth-order valence-corrected chi connectivity index (χ4v) is 3.33. The van der Waals surface area contributed by atoms with Crippen molar-refractivity contribution < 1.29 is 18.9 Å². The van der Waals surface area contributed by atoms with Crippen LogP contribution in [-0.2, 0) is 6.42 Å². The van der Waals surface area contributed by atoms with Gasteiger partial charge in [-0.25, -0.2) is 0 Å². The molecule has 0 atom stereocenters. The summed E-state index contributed by atoms with van der Waals surface area (Å²) in [5.74, 6) is 2.85. The molecule has 1 aliphatic rings. The van der Waals surface area contributed by atoms with Gasteiger partial charge in [-0.2, -0.15) is 0 Å². The van der Waals surface area contributed by atoms with E-state index >= 15 is 0 Å². The van der Waals surface area contributed by atoms with Crippen LogP contribution in [0.3, 0.4) is 0 Å². The van der Waals surface area contributed by atoms with Gasteiger partial charge in [-0.3, -0.25) is 0 Å². The van der Waals surface area contributed by atoms with E-state index in [0.29, 0.717) is 17.2 Å². The summed E-state index contributed by atoms with van der Waals surface area (Å²) in [6.45, 7) is 0.830. The van der Waals surface area contributed by atoms with Crippen LogP contribution in [0.15, 0.2) is 30.3 Å². The Kier molecular flexibility index (Phi) is 5.26. The van der Waals surface area contributed by atoms with Crippen molar-refractivity contribution in [3.63, 3.8) is 0 Å². The molecule has 1 aliphatic heterocycles. The van der Waals surface area contributed by atoms with Crippen molar-refractivity contribution in [2.24, 2.45) is 0 Å². The van der Waals surface area contributed by atoms with Gasteiger partial charge in [-0.1, -0.05) is 18.2 Å². The van der Waals surface area contributed by atoms with Crippen molar-refractivity contribution in [3.8, 4) is 23.0 Å². The Hall–Kier alpha value is -2.82. The number of hydrogen-bond acceptors (Lipinski definition) is 5. The molecule has 0 aromatic heterocycles. The Labute approximate surface area is 154 Å². The number of fused-ring (bicyclic) bond motifs is 1. The summed E-state index contributed by atoms with van der Waals surface area (Å²) in [5.41, 5.74) is 2.39. The molecule has 3 rings (SSSR count). The molecule has 0 fully saturated rings. The highest BCUT2D eigenvalue weighted by Crippen LogP contribution is 2.33. The van der Waals surface area contributed by atoms with E-state index in [9.17, 15) is 0 Å². The van der Waals surface area contributed by atoms with Crippen molar-refractivity contribution in [2.75, 3.05) is 42.0 Å². The topological polar surface area (TPSA) is 40.2 Å². The lowest BCUT2D eigenvalue weighted by atomic mass is 10.0. The van der Waals surface area contributed by atoms with Crippen LogP contribution in [0.2, 0.25) is 0 Å². The summed E-state index contributed by atoms with van der Waals surface area (Å²) in [7, 11) is 8.70. The Morgan fingerprint density at radius 1 is 0.885 bits per heavy atom. The van der Waals surface area contributed by atoms with E-state index < -0.39 is 0 Å². The molecule has 0 saturated heterocycles. The van der Waals surface area contributed by atoms with Gasteiger partial charge in [0.25, 0.3) is 0 Å². The Morgan fingerprint density at radius 3 is 2.15 bits per heavy atom. The van der Waals surface area contributed by atoms with Crippen molar-refractivity contribution >= 4 is 11.8 Å². The molecule has 0 amide bonds. The van der Waals surface area contributed by atoms with Gasteiger partial charge in [0.05, 0.1) is 28.4 Å². The average molecular weight is 355 g/mol. The maximum Gasteiger partial charge on any atom is 0.204 e. The Balaban J connectivity index is 2.22. The summed E-state index contributed by atoms with van der Waals surface area (Å²) in [6.07, 6.45) is 2.96. The van der Waals surface area contributed by atoms with Crippen LogP contribution >= 0.6 is 0 Å². The first-order chi connectivity index (χ1) is 12.6. The predicted octanol–water partition coefficient (Wildman–Crippen LogP) is 1.80. The SMILES string of the molecule is COc1ccc(CC2=c3c(OC)c(OC)c(OC)cc3=CCN2C)cc1. The van der Waals surface area contributed by atoms with Crippen LogP contribution in [0.25, 0.3) is 11.8 Å². The summed E-state index contributed by atoms with van der Waals surface area (Å²) in [6, 6.07) is 10.2. The lowest BCUT2D eigenvalue weighted by Gasteiger charge is -2.26. The molecular formula is C21H25NO4. The number of benzene rings is 2. The first-order valence-corrected chi connectivity index (χ1v) is 8.49. The number of hydrogen-bond donors (Lipinski definition) is 0. The molecule has 0 N–H and O–H groups in total. The van der Waals surface area contributed by atoms with E-state index in [1.54, 1.807) is 28.4 Å². The van der Waals surface area contributed by atoms with Gasteiger partial charge in [0, 0.05) is 30.9 Å². The van der Waals surface area contributed by atoms with Crippen LogP contribution in [-0.4, -0.2) is 46.9 Å². The molecular weight excluding hydrogens is 330 g/mol. The molecule has 5 nitrogen and oxygen atoms in total. The van der Waals surface area contributed by atoms with Crippen LogP contribution in [0.1, 0.15) is 5.56 Å². The summed E-state index contributed by atoms with van der Waals surface area (Å²) < 4.78 is 22.1. The third kappa shape index (κ3) is 3.17. The third-order valence-corrected chi connectivity index (χ3v) is 4.73. The zero-order chi connectivity index (χ0) is 18.7. The number of likely N-dealkylation sites (N-methyl/N-ethyl adjacent to an activating group) is 1. The molecule has 138 valence electrons. The highest BCUT2D eigenvalue weighted by Gasteiger charge is 2.20.